The fraction of sp³-hybridized carbons (Fsp3) is 0.200. The Hall–Kier alpha value is -2.74. The van der Waals surface area contributed by atoms with Crippen LogP contribution >= 0.6 is 0 Å². The largest absolute Gasteiger partial charge is 0.484 e. The Labute approximate surface area is 117 Å². The van der Waals surface area contributed by atoms with Crippen LogP contribution in [-0.2, 0) is 6.61 Å². The molecule has 1 heterocycles. The van der Waals surface area contributed by atoms with Crippen molar-refractivity contribution in [2.24, 2.45) is 0 Å². The molecular weight excluding hydrogens is 254 g/mol. The predicted molar refractivity (Wildman–Crippen MR) is 75.4 cm³/mol. The fourth-order valence-corrected chi connectivity index (χ4v) is 1.64. The number of rotatable bonds is 6. The standard InChI is InChI=1S/C15H15N3O2/c1-3-8-17-15-12(9-16)18-14(20-15)10-19-13-7-5-4-6-11(13)2/h3-7,17H,1,8,10H2,2H3. The molecule has 0 saturated heterocycles. The molecule has 102 valence electrons. The number of oxazole rings is 1. The molecule has 1 N–H and O–H groups in total. The van der Waals surface area contributed by atoms with Crippen molar-refractivity contribution in [2.75, 3.05) is 11.9 Å². The molecule has 5 nitrogen and oxygen atoms in total. The Morgan fingerprint density at radius 2 is 2.30 bits per heavy atom. The minimum absolute atomic E-state index is 0.176. The van der Waals surface area contributed by atoms with Crippen LogP contribution in [0.4, 0.5) is 5.88 Å². The molecule has 20 heavy (non-hydrogen) atoms. The summed E-state index contributed by atoms with van der Waals surface area (Å²) in [5.74, 6) is 1.47. The molecule has 0 radical (unpaired) electrons. The van der Waals surface area contributed by atoms with Gasteiger partial charge >= 0.3 is 0 Å². The number of anilines is 1. The number of nitrogens with one attached hydrogen (secondary N) is 1. The molecule has 0 saturated carbocycles. The average Bonchev–Trinajstić information content (AvgIpc) is 2.86. The predicted octanol–water partition coefficient (Wildman–Crippen LogP) is 3.03. The zero-order valence-corrected chi connectivity index (χ0v) is 11.2. The second kappa shape index (κ2) is 6.43. The van der Waals surface area contributed by atoms with Gasteiger partial charge in [-0.15, -0.1) is 6.58 Å². The van der Waals surface area contributed by atoms with E-state index in [9.17, 15) is 0 Å². The first-order chi connectivity index (χ1) is 9.74. The highest BCUT2D eigenvalue weighted by Gasteiger charge is 2.12. The summed E-state index contributed by atoms with van der Waals surface area (Å²) < 4.78 is 11.1. The van der Waals surface area contributed by atoms with E-state index in [-0.39, 0.29) is 12.3 Å². The van der Waals surface area contributed by atoms with Crippen LogP contribution < -0.4 is 10.1 Å². The third-order valence-electron chi connectivity index (χ3n) is 2.63. The lowest BCUT2D eigenvalue weighted by atomic mass is 10.2. The first-order valence-corrected chi connectivity index (χ1v) is 6.17. The molecule has 1 aromatic carbocycles. The SMILES string of the molecule is C=CCNc1oc(COc2ccccc2C)nc1C#N. The number of aryl methyl sites for hydroxylation is 1. The van der Waals surface area contributed by atoms with Gasteiger partial charge in [-0.1, -0.05) is 24.3 Å². The van der Waals surface area contributed by atoms with Crippen molar-refractivity contribution in [3.8, 4) is 11.8 Å². The number of nitrogens with zero attached hydrogens (tertiary/aromatic N) is 2. The van der Waals surface area contributed by atoms with E-state index >= 15 is 0 Å². The molecule has 0 aliphatic carbocycles. The molecule has 0 atom stereocenters. The van der Waals surface area contributed by atoms with Crippen molar-refractivity contribution in [3.63, 3.8) is 0 Å². The number of benzene rings is 1. The van der Waals surface area contributed by atoms with Gasteiger partial charge in [-0.05, 0) is 18.6 Å². The fourth-order valence-electron chi connectivity index (χ4n) is 1.64. The molecule has 0 fully saturated rings. The monoisotopic (exact) mass is 269 g/mol. The molecular formula is C15H15N3O2. The molecule has 2 aromatic rings. The van der Waals surface area contributed by atoms with Crippen LogP contribution in [0.2, 0.25) is 0 Å². The Morgan fingerprint density at radius 3 is 3.00 bits per heavy atom. The quantitative estimate of drug-likeness (QED) is 0.816. The lowest BCUT2D eigenvalue weighted by molar-refractivity contribution is 0.263. The molecule has 0 aliphatic heterocycles. The number of para-hydroxylation sites is 1. The lowest BCUT2D eigenvalue weighted by Gasteiger charge is -2.06. The van der Waals surface area contributed by atoms with Crippen LogP contribution in [0.3, 0.4) is 0 Å². The normalized spacial score (nSPS) is 9.80. The zero-order chi connectivity index (χ0) is 14.4. The number of aromatic nitrogens is 1. The number of hydrogen-bond acceptors (Lipinski definition) is 5. The maximum atomic E-state index is 8.98. The van der Waals surface area contributed by atoms with E-state index in [4.69, 9.17) is 14.4 Å². The molecule has 0 aliphatic rings. The molecule has 0 unspecified atom stereocenters. The second-order valence-corrected chi connectivity index (χ2v) is 4.12. The number of ether oxygens (including phenoxy) is 1. The summed E-state index contributed by atoms with van der Waals surface area (Å²) in [4.78, 5) is 4.08. The van der Waals surface area contributed by atoms with Crippen molar-refractivity contribution in [3.05, 3.63) is 54.1 Å². The summed E-state index contributed by atoms with van der Waals surface area (Å²) in [7, 11) is 0. The van der Waals surface area contributed by atoms with E-state index in [2.05, 4.69) is 16.9 Å². The lowest BCUT2D eigenvalue weighted by Crippen LogP contribution is -1.97. The molecule has 0 bridgehead atoms. The van der Waals surface area contributed by atoms with Gasteiger partial charge in [-0.25, -0.2) is 0 Å². The molecule has 1 aromatic heterocycles. The highest BCUT2D eigenvalue weighted by Crippen LogP contribution is 2.20. The smallest absolute Gasteiger partial charge is 0.236 e. The van der Waals surface area contributed by atoms with Gasteiger partial charge in [0.15, 0.2) is 6.61 Å². The van der Waals surface area contributed by atoms with E-state index < -0.39 is 0 Å². The number of hydrogen-bond donors (Lipinski definition) is 1. The van der Waals surface area contributed by atoms with Gasteiger partial charge in [0.05, 0.1) is 0 Å². The Kier molecular flexibility index (Phi) is 4.40. The molecule has 0 spiro atoms. The Bertz CT molecular complexity index is 641. The maximum Gasteiger partial charge on any atom is 0.236 e. The van der Waals surface area contributed by atoms with Gasteiger partial charge in [-0.3, -0.25) is 0 Å². The minimum Gasteiger partial charge on any atom is -0.484 e. The highest BCUT2D eigenvalue weighted by atomic mass is 16.5. The summed E-state index contributed by atoms with van der Waals surface area (Å²) in [5, 5.41) is 11.9. The zero-order valence-electron chi connectivity index (χ0n) is 11.2. The van der Waals surface area contributed by atoms with E-state index in [1.54, 1.807) is 6.08 Å². The highest BCUT2D eigenvalue weighted by molar-refractivity contribution is 5.45. The number of nitriles is 1. The first-order valence-electron chi connectivity index (χ1n) is 6.17. The van der Waals surface area contributed by atoms with Crippen molar-refractivity contribution in [1.29, 1.82) is 5.26 Å². The van der Waals surface area contributed by atoms with Crippen LogP contribution in [0, 0.1) is 18.3 Å². The first kappa shape index (κ1) is 13.7. The van der Waals surface area contributed by atoms with Gasteiger partial charge in [-0.2, -0.15) is 10.2 Å². The summed E-state index contributed by atoms with van der Waals surface area (Å²) in [6.07, 6.45) is 1.67. The minimum atomic E-state index is 0.176. The van der Waals surface area contributed by atoms with Crippen molar-refractivity contribution in [2.45, 2.75) is 13.5 Å². The van der Waals surface area contributed by atoms with Crippen molar-refractivity contribution >= 4 is 5.88 Å². The third-order valence-corrected chi connectivity index (χ3v) is 2.63. The van der Waals surface area contributed by atoms with Crippen molar-refractivity contribution < 1.29 is 9.15 Å². The van der Waals surface area contributed by atoms with Gasteiger partial charge in [0.2, 0.25) is 17.5 Å². The molecule has 0 amide bonds. The van der Waals surface area contributed by atoms with Crippen LogP contribution in [0.25, 0.3) is 0 Å². The van der Waals surface area contributed by atoms with Crippen LogP contribution in [0.15, 0.2) is 41.3 Å². The molecule has 5 heteroatoms. The van der Waals surface area contributed by atoms with E-state index in [0.29, 0.717) is 18.3 Å². The van der Waals surface area contributed by atoms with Crippen molar-refractivity contribution in [1.82, 2.24) is 4.98 Å². The van der Waals surface area contributed by atoms with Gasteiger partial charge in [0.1, 0.15) is 11.8 Å². The van der Waals surface area contributed by atoms with Crippen LogP contribution in [-0.4, -0.2) is 11.5 Å². The third kappa shape index (κ3) is 3.18. The Morgan fingerprint density at radius 1 is 1.50 bits per heavy atom. The summed E-state index contributed by atoms with van der Waals surface area (Å²) >= 11 is 0. The second-order valence-electron chi connectivity index (χ2n) is 4.12. The Balaban J connectivity index is 2.07. The summed E-state index contributed by atoms with van der Waals surface area (Å²) in [6.45, 7) is 6.23. The van der Waals surface area contributed by atoms with E-state index in [0.717, 1.165) is 11.3 Å². The average molecular weight is 269 g/mol. The maximum absolute atomic E-state index is 8.98. The van der Waals surface area contributed by atoms with Gasteiger partial charge in [0.25, 0.3) is 0 Å². The molecule has 2 rings (SSSR count). The van der Waals surface area contributed by atoms with Crippen LogP contribution in [0.1, 0.15) is 17.1 Å². The van der Waals surface area contributed by atoms with E-state index in [1.165, 1.54) is 0 Å². The van der Waals surface area contributed by atoms with Crippen LogP contribution in [0.5, 0.6) is 5.75 Å². The summed E-state index contributed by atoms with van der Waals surface area (Å²) in [5.41, 5.74) is 1.25. The summed E-state index contributed by atoms with van der Waals surface area (Å²) in [6, 6.07) is 9.65. The van der Waals surface area contributed by atoms with Gasteiger partial charge in [0, 0.05) is 6.54 Å². The van der Waals surface area contributed by atoms with E-state index in [1.807, 2.05) is 37.3 Å². The van der Waals surface area contributed by atoms with Gasteiger partial charge < -0.3 is 14.5 Å². The topological polar surface area (TPSA) is 71.1 Å².